The van der Waals surface area contributed by atoms with Crippen LogP contribution < -0.4 is 16.8 Å². The van der Waals surface area contributed by atoms with Gasteiger partial charge in [0.1, 0.15) is 11.6 Å². The number of nitrogens with two attached hydrogens (primary N) is 2. The van der Waals surface area contributed by atoms with Gasteiger partial charge in [0.15, 0.2) is 5.16 Å². The van der Waals surface area contributed by atoms with E-state index in [1.807, 2.05) is 6.92 Å². The number of aromatic nitrogens is 2. The molecule has 0 aromatic carbocycles. The molecule has 0 bridgehead atoms. The number of hydrogen-bond donors (Lipinski definition) is 3. The monoisotopic (exact) mass is 309 g/mol. The van der Waals surface area contributed by atoms with Gasteiger partial charge in [-0.1, -0.05) is 31.0 Å². The molecule has 0 spiro atoms. The maximum Gasteiger partial charge on any atom is 0.233 e. The number of nitrogen functional groups attached to an aromatic ring is 2. The molecule has 1 atom stereocenters. The van der Waals surface area contributed by atoms with Crippen LogP contribution in [0.25, 0.3) is 0 Å². The van der Waals surface area contributed by atoms with Gasteiger partial charge in [-0.25, -0.2) is 9.97 Å². The third-order valence-corrected chi connectivity index (χ3v) is 4.65. The predicted molar refractivity (Wildman–Crippen MR) is 85.8 cm³/mol. The highest BCUT2D eigenvalue weighted by atomic mass is 32.2. The number of anilines is 2. The molecule has 0 saturated heterocycles. The van der Waals surface area contributed by atoms with Crippen LogP contribution in [-0.4, -0.2) is 27.7 Å². The Balaban J connectivity index is 1.81. The summed E-state index contributed by atoms with van der Waals surface area (Å²) in [7, 11) is 0. The van der Waals surface area contributed by atoms with Gasteiger partial charge >= 0.3 is 0 Å². The van der Waals surface area contributed by atoms with E-state index in [2.05, 4.69) is 15.3 Å². The second kappa shape index (κ2) is 7.49. The fraction of sp³-hybridized carbons (Fsp3) is 0.643. The van der Waals surface area contributed by atoms with Crippen molar-refractivity contribution in [1.29, 1.82) is 0 Å². The van der Waals surface area contributed by atoms with Gasteiger partial charge < -0.3 is 16.8 Å². The lowest BCUT2D eigenvalue weighted by atomic mass is 9.89. The van der Waals surface area contributed by atoms with Crippen LogP contribution in [0.5, 0.6) is 0 Å². The number of amides is 1. The highest BCUT2D eigenvalue weighted by molar-refractivity contribution is 8.00. The van der Waals surface area contributed by atoms with Crippen LogP contribution >= 0.6 is 11.8 Å². The molecule has 21 heavy (non-hydrogen) atoms. The first-order valence-corrected chi connectivity index (χ1v) is 8.27. The van der Waals surface area contributed by atoms with E-state index in [1.54, 1.807) is 0 Å². The van der Waals surface area contributed by atoms with Gasteiger partial charge in [0.05, 0.1) is 5.25 Å². The quantitative estimate of drug-likeness (QED) is 0.566. The SMILES string of the molecule is CC(Sc1nc(N)cc(N)n1)C(=O)NCC1CCCCC1. The van der Waals surface area contributed by atoms with E-state index < -0.39 is 0 Å². The lowest BCUT2D eigenvalue weighted by Crippen LogP contribution is -2.35. The summed E-state index contributed by atoms with van der Waals surface area (Å²) < 4.78 is 0. The Bertz CT molecular complexity index is 470. The third kappa shape index (κ3) is 5.08. The summed E-state index contributed by atoms with van der Waals surface area (Å²) in [6, 6.07) is 1.50. The van der Waals surface area contributed by atoms with Crippen LogP contribution in [0.3, 0.4) is 0 Å². The molecule has 1 heterocycles. The Morgan fingerprint density at radius 3 is 2.57 bits per heavy atom. The summed E-state index contributed by atoms with van der Waals surface area (Å²) in [5.74, 6) is 1.27. The van der Waals surface area contributed by atoms with E-state index in [-0.39, 0.29) is 11.2 Å². The van der Waals surface area contributed by atoms with Gasteiger partial charge in [-0.2, -0.15) is 0 Å². The highest BCUT2D eigenvalue weighted by Gasteiger charge is 2.19. The minimum absolute atomic E-state index is 0.00942. The zero-order valence-electron chi connectivity index (χ0n) is 12.3. The molecule has 1 aliphatic rings. The summed E-state index contributed by atoms with van der Waals surface area (Å²) in [6.45, 7) is 2.60. The lowest BCUT2D eigenvalue weighted by molar-refractivity contribution is -0.120. The fourth-order valence-electron chi connectivity index (χ4n) is 2.51. The average molecular weight is 309 g/mol. The zero-order chi connectivity index (χ0) is 15.2. The largest absolute Gasteiger partial charge is 0.383 e. The van der Waals surface area contributed by atoms with E-state index >= 15 is 0 Å². The minimum Gasteiger partial charge on any atom is -0.383 e. The van der Waals surface area contributed by atoms with Crippen molar-refractivity contribution in [3.05, 3.63) is 6.07 Å². The molecule has 2 rings (SSSR count). The summed E-state index contributed by atoms with van der Waals surface area (Å²) in [5.41, 5.74) is 11.2. The molecule has 0 aliphatic heterocycles. The molecule has 0 radical (unpaired) electrons. The Kier molecular flexibility index (Phi) is 5.67. The van der Waals surface area contributed by atoms with Gasteiger partial charge in [-0.3, -0.25) is 4.79 Å². The predicted octanol–water partition coefficient (Wildman–Crippen LogP) is 1.82. The first kappa shape index (κ1) is 15.9. The van der Waals surface area contributed by atoms with Crippen LogP contribution in [-0.2, 0) is 4.79 Å². The molecular formula is C14H23N5OS. The van der Waals surface area contributed by atoms with E-state index in [1.165, 1.54) is 49.9 Å². The number of carbonyl (C=O) groups is 1. The molecule has 7 heteroatoms. The maximum absolute atomic E-state index is 12.1. The van der Waals surface area contributed by atoms with E-state index in [9.17, 15) is 4.79 Å². The van der Waals surface area contributed by atoms with Crippen LogP contribution in [0.15, 0.2) is 11.2 Å². The first-order valence-electron chi connectivity index (χ1n) is 7.39. The standard InChI is InChI=1S/C14H23N5OS/c1-9(21-14-18-11(15)7-12(16)19-14)13(20)17-8-10-5-3-2-4-6-10/h7,9-10H,2-6,8H2,1H3,(H,17,20)(H4,15,16,18,19). The number of carbonyl (C=O) groups excluding carboxylic acids is 1. The van der Waals surface area contributed by atoms with Gasteiger partial charge in [0, 0.05) is 12.6 Å². The van der Waals surface area contributed by atoms with Crippen molar-refractivity contribution in [3.63, 3.8) is 0 Å². The first-order chi connectivity index (χ1) is 10.0. The molecule has 5 N–H and O–H groups in total. The molecule has 6 nitrogen and oxygen atoms in total. The smallest absolute Gasteiger partial charge is 0.233 e. The molecule has 1 aromatic rings. The van der Waals surface area contributed by atoms with Crippen LogP contribution in [0, 0.1) is 5.92 Å². The van der Waals surface area contributed by atoms with Crippen molar-refractivity contribution in [2.45, 2.75) is 49.4 Å². The van der Waals surface area contributed by atoms with E-state index in [0.29, 0.717) is 22.7 Å². The molecule has 1 aliphatic carbocycles. The van der Waals surface area contributed by atoms with Crippen molar-refractivity contribution >= 4 is 29.3 Å². The van der Waals surface area contributed by atoms with E-state index in [0.717, 1.165) is 6.54 Å². The van der Waals surface area contributed by atoms with E-state index in [4.69, 9.17) is 11.5 Å². The molecule has 1 saturated carbocycles. The van der Waals surface area contributed by atoms with Gasteiger partial charge in [-0.05, 0) is 25.7 Å². The Labute approximate surface area is 129 Å². The Hall–Kier alpha value is -1.50. The highest BCUT2D eigenvalue weighted by Crippen LogP contribution is 2.24. The Morgan fingerprint density at radius 2 is 1.95 bits per heavy atom. The molecule has 1 amide bonds. The van der Waals surface area contributed by atoms with Crippen molar-refractivity contribution in [2.75, 3.05) is 18.0 Å². The zero-order valence-corrected chi connectivity index (χ0v) is 13.2. The third-order valence-electron chi connectivity index (χ3n) is 3.69. The fourth-order valence-corrected chi connectivity index (χ4v) is 3.33. The van der Waals surface area contributed by atoms with Crippen molar-refractivity contribution < 1.29 is 4.79 Å². The summed E-state index contributed by atoms with van der Waals surface area (Å²) in [5, 5.41) is 3.19. The van der Waals surface area contributed by atoms with Gasteiger partial charge in [0.2, 0.25) is 5.91 Å². The molecule has 1 fully saturated rings. The van der Waals surface area contributed by atoms with Gasteiger partial charge in [0.25, 0.3) is 0 Å². The maximum atomic E-state index is 12.1. The topological polar surface area (TPSA) is 107 Å². The van der Waals surface area contributed by atoms with Crippen molar-refractivity contribution in [3.8, 4) is 0 Å². The molecular weight excluding hydrogens is 286 g/mol. The number of rotatable bonds is 5. The second-order valence-electron chi connectivity index (χ2n) is 5.51. The number of thioether (sulfide) groups is 1. The average Bonchev–Trinajstić information content (AvgIpc) is 2.44. The molecule has 1 aromatic heterocycles. The van der Waals surface area contributed by atoms with Crippen LogP contribution in [0.4, 0.5) is 11.6 Å². The molecule has 116 valence electrons. The van der Waals surface area contributed by atoms with Crippen LogP contribution in [0.1, 0.15) is 39.0 Å². The number of nitrogens with zero attached hydrogens (tertiary/aromatic N) is 2. The number of nitrogens with one attached hydrogen (secondary N) is 1. The Morgan fingerprint density at radius 1 is 1.33 bits per heavy atom. The summed E-state index contributed by atoms with van der Waals surface area (Å²) in [6.07, 6.45) is 6.32. The van der Waals surface area contributed by atoms with Crippen molar-refractivity contribution in [2.24, 2.45) is 5.92 Å². The minimum atomic E-state index is -0.269. The summed E-state index contributed by atoms with van der Waals surface area (Å²) >= 11 is 1.27. The lowest BCUT2D eigenvalue weighted by Gasteiger charge is -2.22. The number of hydrogen-bond acceptors (Lipinski definition) is 6. The van der Waals surface area contributed by atoms with Crippen molar-refractivity contribution in [1.82, 2.24) is 15.3 Å². The van der Waals surface area contributed by atoms with Crippen LogP contribution in [0.2, 0.25) is 0 Å². The summed E-state index contributed by atoms with van der Waals surface area (Å²) in [4.78, 5) is 20.3. The molecule has 1 unspecified atom stereocenters. The van der Waals surface area contributed by atoms with Gasteiger partial charge in [-0.15, -0.1) is 0 Å². The normalized spacial score (nSPS) is 17.4. The second-order valence-corrected chi connectivity index (χ2v) is 6.82.